The predicted molar refractivity (Wildman–Crippen MR) is 83.2 cm³/mol. The second kappa shape index (κ2) is 6.14. The largest absolute Gasteiger partial charge is 0.433 e. The summed E-state index contributed by atoms with van der Waals surface area (Å²) < 4.78 is 37.6. The molecule has 24 heavy (non-hydrogen) atoms. The van der Waals surface area contributed by atoms with E-state index in [-0.39, 0.29) is 11.6 Å². The Morgan fingerprint density at radius 1 is 1.25 bits per heavy atom. The summed E-state index contributed by atoms with van der Waals surface area (Å²) in [6.07, 6.45) is -0.986. The summed E-state index contributed by atoms with van der Waals surface area (Å²) in [5.41, 5.74) is 7.64. The van der Waals surface area contributed by atoms with Gasteiger partial charge in [0.1, 0.15) is 5.69 Å². The fraction of sp³-hybridized carbons (Fsp3) is 0.294. The van der Waals surface area contributed by atoms with Crippen molar-refractivity contribution in [2.24, 2.45) is 0 Å². The van der Waals surface area contributed by atoms with Crippen LogP contribution in [0.4, 0.5) is 18.9 Å². The van der Waals surface area contributed by atoms with E-state index < -0.39 is 17.8 Å². The number of anilines is 1. The predicted octanol–water partition coefficient (Wildman–Crippen LogP) is 3.49. The third-order valence-corrected chi connectivity index (χ3v) is 4.10. The number of pyridine rings is 1. The highest BCUT2D eigenvalue weighted by molar-refractivity contribution is 5.94. The van der Waals surface area contributed by atoms with E-state index in [0.29, 0.717) is 5.69 Å². The summed E-state index contributed by atoms with van der Waals surface area (Å²) in [4.78, 5) is 15.6. The maximum absolute atomic E-state index is 12.5. The van der Waals surface area contributed by atoms with Crippen LogP contribution in [0.5, 0.6) is 0 Å². The lowest BCUT2D eigenvalue weighted by atomic mass is 9.87. The number of alkyl halides is 3. The first-order valence-electron chi connectivity index (χ1n) is 7.57. The summed E-state index contributed by atoms with van der Waals surface area (Å²) in [5.74, 6) is -0.439. The van der Waals surface area contributed by atoms with Crippen LogP contribution >= 0.6 is 0 Å². The van der Waals surface area contributed by atoms with Crippen molar-refractivity contribution in [3.63, 3.8) is 0 Å². The number of aromatic nitrogens is 1. The highest BCUT2D eigenvalue weighted by Crippen LogP contribution is 2.31. The van der Waals surface area contributed by atoms with Gasteiger partial charge in [0.05, 0.1) is 11.6 Å². The Bertz CT molecular complexity index is 757. The van der Waals surface area contributed by atoms with E-state index >= 15 is 0 Å². The molecule has 1 aliphatic carbocycles. The Morgan fingerprint density at radius 2 is 2.04 bits per heavy atom. The molecule has 1 heterocycles. The van der Waals surface area contributed by atoms with Crippen LogP contribution < -0.4 is 11.1 Å². The zero-order chi connectivity index (χ0) is 17.3. The average molecular weight is 335 g/mol. The molecule has 0 saturated carbocycles. The summed E-state index contributed by atoms with van der Waals surface area (Å²) >= 11 is 0. The zero-order valence-electron chi connectivity index (χ0n) is 12.7. The summed E-state index contributed by atoms with van der Waals surface area (Å²) in [5, 5.41) is 2.87. The third-order valence-electron chi connectivity index (χ3n) is 4.10. The van der Waals surface area contributed by atoms with Crippen LogP contribution in [0.1, 0.15) is 46.1 Å². The van der Waals surface area contributed by atoms with Crippen molar-refractivity contribution in [1.82, 2.24) is 10.3 Å². The van der Waals surface area contributed by atoms with Gasteiger partial charge in [-0.25, -0.2) is 0 Å². The topological polar surface area (TPSA) is 68.0 Å². The first-order chi connectivity index (χ1) is 11.3. The Morgan fingerprint density at radius 3 is 2.71 bits per heavy atom. The molecule has 0 aliphatic heterocycles. The fourth-order valence-corrected chi connectivity index (χ4v) is 2.92. The monoisotopic (exact) mass is 335 g/mol. The fourth-order valence-electron chi connectivity index (χ4n) is 2.92. The summed E-state index contributed by atoms with van der Waals surface area (Å²) in [6.45, 7) is 0. The molecular formula is C17H16F3N3O. The molecule has 0 radical (unpaired) electrons. The quantitative estimate of drug-likeness (QED) is 0.826. The van der Waals surface area contributed by atoms with Gasteiger partial charge in [-0.05, 0) is 54.7 Å². The Hall–Kier alpha value is -2.57. The second-order valence-electron chi connectivity index (χ2n) is 5.81. The average Bonchev–Trinajstić information content (AvgIpc) is 2.54. The number of nitrogens with two attached hydrogens (primary N) is 1. The lowest BCUT2D eigenvalue weighted by molar-refractivity contribution is -0.141. The Kier molecular flexibility index (Phi) is 4.17. The normalized spacial score (nSPS) is 17.2. The van der Waals surface area contributed by atoms with E-state index in [9.17, 15) is 18.0 Å². The lowest BCUT2D eigenvalue weighted by Gasteiger charge is -2.26. The molecule has 4 nitrogen and oxygen atoms in total. The lowest BCUT2D eigenvalue weighted by Crippen LogP contribution is -2.31. The van der Waals surface area contributed by atoms with Gasteiger partial charge in [-0.3, -0.25) is 9.78 Å². The molecule has 0 saturated heterocycles. The van der Waals surface area contributed by atoms with Crippen LogP contribution in [0.2, 0.25) is 0 Å². The highest BCUT2D eigenvalue weighted by atomic mass is 19.4. The highest BCUT2D eigenvalue weighted by Gasteiger charge is 2.32. The second-order valence-corrected chi connectivity index (χ2v) is 5.81. The minimum Gasteiger partial charge on any atom is -0.399 e. The van der Waals surface area contributed by atoms with E-state index in [4.69, 9.17) is 5.73 Å². The molecule has 1 aromatic carbocycles. The van der Waals surface area contributed by atoms with E-state index in [1.165, 1.54) is 0 Å². The van der Waals surface area contributed by atoms with Gasteiger partial charge in [0.25, 0.3) is 5.91 Å². The number of nitrogens with zero attached hydrogens (tertiary/aromatic N) is 1. The molecule has 1 aliphatic rings. The van der Waals surface area contributed by atoms with Crippen LogP contribution in [0.25, 0.3) is 0 Å². The molecule has 0 spiro atoms. The van der Waals surface area contributed by atoms with Gasteiger partial charge in [0.15, 0.2) is 0 Å². The van der Waals surface area contributed by atoms with Crippen molar-refractivity contribution in [3.8, 4) is 0 Å². The molecule has 7 heteroatoms. The third kappa shape index (κ3) is 3.34. The molecule has 1 atom stereocenters. The van der Waals surface area contributed by atoms with Gasteiger partial charge in [0.2, 0.25) is 0 Å². The van der Waals surface area contributed by atoms with E-state index in [0.717, 1.165) is 48.7 Å². The van der Waals surface area contributed by atoms with E-state index in [1.807, 2.05) is 12.1 Å². The van der Waals surface area contributed by atoms with Crippen molar-refractivity contribution in [3.05, 3.63) is 58.9 Å². The van der Waals surface area contributed by atoms with Gasteiger partial charge in [-0.1, -0.05) is 6.07 Å². The minimum absolute atomic E-state index is 0.102. The molecule has 2 aromatic rings. The first-order valence-corrected chi connectivity index (χ1v) is 7.57. The first kappa shape index (κ1) is 16.3. The number of benzene rings is 1. The number of hydrogen-bond acceptors (Lipinski definition) is 3. The summed E-state index contributed by atoms with van der Waals surface area (Å²) in [7, 11) is 0. The van der Waals surface area contributed by atoms with Gasteiger partial charge < -0.3 is 11.1 Å². The number of hydrogen-bond donors (Lipinski definition) is 2. The van der Waals surface area contributed by atoms with Gasteiger partial charge in [0, 0.05) is 11.9 Å². The van der Waals surface area contributed by atoms with Crippen LogP contribution in [0.15, 0.2) is 36.5 Å². The van der Waals surface area contributed by atoms with Crippen molar-refractivity contribution >= 4 is 11.6 Å². The van der Waals surface area contributed by atoms with Crippen LogP contribution in [0.3, 0.4) is 0 Å². The molecular weight excluding hydrogens is 319 g/mol. The Labute approximate surface area is 136 Å². The number of aryl methyl sites for hydroxylation is 1. The number of halogens is 3. The van der Waals surface area contributed by atoms with Crippen LogP contribution in [0, 0.1) is 0 Å². The van der Waals surface area contributed by atoms with E-state index in [1.54, 1.807) is 6.07 Å². The van der Waals surface area contributed by atoms with Crippen LogP contribution in [-0.4, -0.2) is 10.9 Å². The van der Waals surface area contributed by atoms with Crippen molar-refractivity contribution in [1.29, 1.82) is 0 Å². The molecule has 126 valence electrons. The number of amides is 1. The summed E-state index contributed by atoms with van der Waals surface area (Å²) in [6, 6.07) is 7.34. The molecule has 3 rings (SSSR count). The molecule has 1 unspecified atom stereocenters. The molecule has 3 N–H and O–H groups in total. The van der Waals surface area contributed by atoms with E-state index in [2.05, 4.69) is 10.3 Å². The van der Waals surface area contributed by atoms with Crippen molar-refractivity contribution < 1.29 is 18.0 Å². The Balaban J connectivity index is 1.76. The number of fused-ring (bicyclic) bond motifs is 1. The molecule has 1 amide bonds. The number of nitrogen functional groups attached to an aromatic ring is 1. The maximum Gasteiger partial charge on any atom is 0.433 e. The standard InChI is InChI=1S/C17H16F3N3O/c18-17(19,20)15-7-4-11(9-22-15)16(24)23-14-3-1-2-10-8-12(21)5-6-13(10)14/h4-9,14H,1-3,21H2,(H,23,24). The van der Waals surface area contributed by atoms with Crippen molar-refractivity contribution in [2.75, 3.05) is 5.73 Å². The molecule has 0 bridgehead atoms. The number of carbonyl (C=O) groups is 1. The smallest absolute Gasteiger partial charge is 0.399 e. The molecule has 0 fully saturated rings. The van der Waals surface area contributed by atoms with Gasteiger partial charge >= 0.3 is 6.18 Å². The SMILES string of the molecule is Nc1ccc2c(c1)CCCC2NC(=O)c1ccc(C(F)(F)F)nc1. The maximum atomic E-state index is 12.5. The zero-order valence-corrected chi connectivity index (χ0v) is 12.7. The molecule has 1 aromatic heterocycles. The van der Waals surface area contributed by atoms with Gasteiger partial charge in [-0.15, -0.1) is 0 Å². The number of carbonyl (C=O) groups excluding carboxylic acids is 1. The van der Waals surface area contributed by atoms with Crippen molar-refractivity contribution in [2.45, 2.75) is 31.5 Å². The van der Waals surface area contributed by atoms with Gasteiger partial charge in [-0.2, -0.15) is 13.2 Å². The number of nitrogens with one attached hydrogen (secondary N) is 1. The number of rotatable bonds is 2. The van der Waals surface area contributed by atoms with Crippen LogP contribution in [-0.2, 0) is 12.6 Å². The minimum atomic E-state index is -4.52.